The summed E-state index contributed by atoms with van der Waals surface area (Å²) in [7, 11) is 1.77. The second kappa shape index (κ2) is 8.73. The number of likely N-dealkylation sites (tertiary alicyclic amines) is 1. The molecule has 0 bridgehead atoms. The molecule has 6 nitrogen and oxygen atoms in total. The fraction of sp³-hybridized carbons (Fsp3) is 0.632. The maximum Gasteiger partial charge on any atom is 0.387 e. The van der Waals surface area contributed by atoms with Gasteiger partial charge in [0, 0.05) is 38.7 Å². The minimum absolute atomic E-state index is 0.0442. The molecule has 150 valence electrons. The molecular weight excluding hydrogens is 356 g/mol. The Morgan fingerprint density at radius 1 is 1.37 bits per heavy atom. The summed E-state index contributed by atoms with van der Waals surface area (Å²) in [6.45, 7) is 3.37. The van der Waals surface area contributed by atoms with E-state index in [2.05, 4.69) is 19.9 Å². The first-order valence-corrected chi connectivity index (χ1v) is 9.29. The van der Waals surface area contributed by atoms with E-state index >= 15 is 0 Å². The Morgan fingerprint density at radius 3 is 2.89 bits per heavy atom. The van der Waals surface area contributed by atoms with Crippen molar-refractivity contribution in [3.8, 4) is 11.5 Å². The number of halogens is 2. The van der Waals surface area contributed by atoms with Gasteiger partial charge in [0.25, 0.3) is 0 Å². The van der Waals surface area contributed by atoms with Gasteiger partial charge in [0.15, 0.2) is 17.5 Å². The molecule has 2 aliphatic rings. The van der Waals surface area contributed by atoms with Crippen molar-refractivity contribution in [3.63, 3.8) is 0 Å². The zero-order chi connectivity index (χ0) is 19.3. The Balaban J connectivity index is 1.62. The molecule has 0 amide bonds. The van der Waals surface area contributed by atoms with E-state index in [4.69, 9.17) is 9.47 Å². The van der Waals surface area contributed by atoms with Gasteiger partial charge in [-0.3, -0.25) is 4.99 Å². The van der Waals surface area contributed by atoms with E-state index < -0.39 is 6.61 Å². The first-order chi connectivity index (χ1) is 13.0. The lowest BCUT2D eigenvalue weighted by molar-refractivity contribution is -0.0514. The molecule has 0 aromatic heterocycles. The number of rotatable bonds is 6. The van der Waals surface area contributed by atoms with E-state index in [-0.39, 0.29) is 11.2 Å². The van der Waals surface area contributed by atoms with Crippen molar-refractivity contribution < 1.29 is 23.0 Å². The van der Waals surface area contributed by atoms with Crippen LogP contribution in [0, 0.1) is 5.41 Å². The molecule has 3 rings (SSSR count). The Morgan fingerprint density at radius 2 is 2.22 bits per heavy atom. The standard InChI is InChI=1S/C19H27F2N3O3/c1-3-26-16-10-14(4-5-15(16)27-17(20)21)11-23-18(22-2)24-8-6-19(12-24)7-9-25-13-19/h4-5,10,17H,3,6-9,11-13H2,1-2H3,(H,22,23). The predicted molar refractivity (Wildman–Crippen MR) is 98.5 cm³/mol. The topological polar surface area (TPSA) is 55.3 Å². The highest BCUT2D eigenvalue weighted by molar-refractivity contribution is 5.80. The molecule has 0 saturated carbocycles. The fourth-order valence-corrected chi connectivity index (χ4v) is 3.72. The van der Waals surface area contributed by atoms with Gasteiger partial charge in [-0.05, 0) is 37.5 Å². The number of nitrogens with one attached hydrogen (secondary N) is 1. The number of aliphatic imine (C=N–C) groups is 1. The average Bonchev–Trinajstić information content (AvgIpc) is 3.28. The summed E-state index contributed by atoms with van der Waals surface area (Å²) in [6.07, 6.45) is 2.21. The average molecular weight is 383 g/mol. The van der Waals surface area contributed by atoms with Crippen LogP contribution in [0.5, 0.6) is 11.5 Å². The Labute approximate surface area is 158 Å². The highest BCUT2D eigenvalue weighted by Gasteiger charge is 2.42. The highest BCUT2D eigenvalue weighted by atomic mass is 19.3. The molecule has 1 aromatic rings. The van der Waals surface area contributed by atoms with Crippen LogP contribution in [-0.4, -0.2) is 57.4 Å². The van der Waals surface area contributed by atoms with Crippen molar-refractivity contribution in [2.75, 3.05) is 40.0 Å². The largest absolute Gasteiger partial charge is 0.490 e. The zero-order valence-electron chi connectivity index (χ0n) is 15.8. The summed E-state index contributed by atoms with van der Waals surface area (Å²) >= 11 is 0. The van der Waals surface area contributed by atoms with Gasteiger partial charge in [0.1, 0.15) is 0 Å². The predicted octanol–water partition coefficient (Wildman–Crippen LogP) is 2.87. The van der Waals surface area contributed by atoms with Crippen molar-refractivity contribution in [2.24, 2.45) is 10.4 Å². The van der Waals surface area contributed by atoms with E-state index in [0.29, 0.717) is 18.9 Å². The lowest BCUT2D eigenvalue weighted by atomic mass is 9.87. The molecule has 1 atom stereocenters. The maximum absolute atomic E-state index is 12.5. The molecule has 1 aromatic carbocycles. The minimum Gasteiger partial charge on any atom is -0.490 e. The van der Waals surface area contributed by atoms with Gasteiger partial charge in [0.05, 0.1) is 13.2 Å². The number of ether oxygens (including phenoxy) is 3. The van der Waals surface area contributed by atoms with Crippen LogP contribution in [0.3, 0.4) is 0 Å². The van der Waals surface area contributed by atoms with Crippen molar-refractivity contribution in [1.82, 2.24) is 10.2 Å². The van der Waals surface area contributed by atoms with Gasteiger partial charge in [-0.15, -0.1) is 0 Å². The number of alkyl halides is 2. The number of guanidine groups is 1. The van der Waals surface area contributed by atoms with Crippen LogP contribution in [0.4, 0.5) is 8.78 Å². The van der Waals surface area contributed by atoms with Crippen molar-refractivity contribution in [2.45, 2.75) is 32.9 Å². The van der Waals surface area contributed by atoms with Crippen molar-refractivity contribution in [1.29, 1.82) is 0 Å². The summed E-state index contributed by atoms with van der Waals surface area (Å²) in [5.41, 5.74) is 1.16. The van der Waals surface area contributed by atoms with E-state index in [1.807, 2.05) is 0 Å². The van der Waals surface area contributed by atoms with Crippen LogP contribution in [0.15, 0.2) is 23.2 Å². The Kier molecular flexibility index (Phi) is 6.36. The number of benzene rings is 1. The SMILES string of the molecule is CCOc1cc(CNC(=NC)N2CCC3(CCOC3)C2)ccc1OC(F)F. The van der Waals surface area contributed by atoms with Crippen molar-refractivity contribution >= 4 is 5.96 Å². The first-order valence-electron chi connectivity index (χ1n) is 9.29. The van der Waals surface area contributed by atoms with E-state index in [1.165, 1.54) is 6.07 Å². The van der Waals surface area contributed by atoms with Gasteiger partial charge in [-0.25, -0.2) is 0 Å². The zero-order valence-corrected chi connectivity index (χ0v) is 15.8. The molecule has 1 spiro atoms. The van der Waals surface area contributed by atoms with Crippen LogP contribution in [0.25, 0.3) is 0 Å². The smallest absolute Gasteiger partial charge is 0.387 e. The molecule has 8 heteroatoms. The van der Waals surface area contributed by atoms with E-state index in [9.17, 15) is 8.78 Å². The normalized spacial score (nSPS) is 22.7. The maximum atomic E-state index is 12.5. The fourth-order valence-electron chi connectivity index (χ4n) is 3.72. The summed E-state index contributed by atoms with van der Waals surface area (Å²) in [6, 6.07) is 4.98. The molecule has 2 heterocycles. The van der Waals surface area contributed by atoms with Crippen molar-refractivity contribution in [3.05, 3.63) is 23.8 Å². The quantitative estimate of drug-likeness (QED) is 0.605. The molecule has 2 fully saturated rings. The summed E-state index contributed by atoms with van der Waals surface area (Å²) in [5, 5.41) is 3.35. The van der Waals surface area contributed by atoms with Gasteiger partial charge in [-0.1, -0.05) is 6.07 Å². The van der Waals surface area contributed by atoms with Crippen LogP contribution >= 0.6 is 0 Å². The molecular formula is C19H27F2N3O3. The third kappa shape index (κ3) is 4.80. The Hall–Kier alpha value is -2.09. The van der Waals surface area contributed by atoms with Gasteiger partial charge >= 0.3 is 6.61 Å². The highest BCUT2D eigenvalue weighted by Crippen LogP contribution is 2.38. The molecule has 2 saturated heterocycles. The monoisotopic (exact) mass is 383 g/mol. The molecule has 0 radical (unpaired) electrons. The molecule has 0 aliphatic carbocycles. The van der Waals surface area contributed by atoms with Gasteiger partial charge < -0.3 is 24.4 Å². The van der Waals surface area contributed by atoms with Crippen LogP contribution in [0.2, 0.25) is 0 Å². The minimum atomic E-state index is -2.88. The van der Waals surface area contributed by atoms with E-state index in [1.54, 1.807) is 26.1 Å². The molecule has 2 aliphatic heterocycles. The first kappa shape index (κ1) is 19.7. The summed E-state index contributed by atoms with van der Waals surface area (Å²) < 4.78 is 40.6. The van der Waals surface area contributed by atoms with Gasteiger partial charge in [0.2, 0.25) is 0 Å². The molecule has 27 heavy (non-hydrogen) atoms. The van der Waals surface area contributed by atoms with Crippen LogP contribution in [0.1, 0.15) is 25.3 Å². The number of hydrogen-bond acceptors (Lipinski definition) is 4. The molecule has 1 N–H and O–H groups in total. The third-order valence-electron chi connectivity index (χ3n) is 5.11. The van der Waals surface area contributed by atoms with Gasteiger partial charge in [-0.2, -0.15) is 8.78 Å². The van der Waals surface area contributed by atoms with E-state index in [0.717, 1.165) is 50.7 Å². The number of nitrogens with zero attached hydrogens (tertiary/aromatic N) is 2. The number of hydrogen-bond donors (Lipinski definition) is 1. The Bertz CT molecular complexity index is 664. The summed E-state index contributed by atoms with van der Waals surface area (Å²) in [4.78, 5) is 6.65. The molecule has 1 unspecified atom stereocenters. The lowest BCUT2D eigenvalue weighted by Crippen LogP contribution is -2.41. The third-order valence-corrected chi connectivity index (χ3v) is 5.11. The van der Waals surface area contributed by atoms with Crippen LogP contribution < -0.4 is 14.8 Å². The lowest BCUT2D eigenvalue weighted by Gasteiger charge is -2.25. The summed E-state index contributed by atoms with van der Waals surface area (Å²) in [5.74, 6) is 1.20. The second-order valence-corrected chi connectivity index (χ2v) is 6.97. The second-order valence-electron chi connectivity index (χ2n) is 6.97. The van der Waals surface area contributed by atoms with Crippen LogP contribution in [-0.2, 0) is 11.3 Å².